The molecule has 0 saturated heterocycles. The molecule has 1 atom stereocenters. The van der Waals surface area contributed by atoms with Gasteiger partial charge in [-0.3, -0.25) is 14.5 Å². The molecule has 0 radical (unpaired) electrons. The van der Waals surface area contributed by atoms with Crippen LogP contribution in [0.3, 0.4) is 0 Å². The molecule has 2 aromatic rings. The molecule has 0 spiro atoms. The molecule has 0 N–H and O–H groups in total. The van der Waals surface area contributed by atoms with Crippen LogP contribution in [0.2, 0.25) is 0 Å². The zero-order valence-electron chi connectivity index (χ0n) is 18.7. The average molecular weight is 456 g/mol. The van der Waals surface area contributed by atoms with E-state index in [1.165, 1.54) is 27.8 Å². The van der Waals surface area contributed by atoms with Gasteiger partial charge >= 0.3 is 0 Å². The van der Waals surface area contributed by atoms with E-state index in [-0.39, 0.29) is 16.7 Å². The molecule has 0 bridgehead atoms. The van der Waals surface area contributed by atoms with Crippen molar-refractivity contribution < 1.29 is 18.0 Å². The van der Waals surface area contributed by atoms with E-state index in [2.05, 4.69) is 6.07 Å². The first kappa shape index (κ1) is 22.5. The van der Waals surface area contributed by atoms with Crippen LogP contribution in [0.1, 0.15) is 37.5 Å². The summed E-state index contributed by atoms with van der Waals surface area (Å²) in [6.07, 6.45) is 1.10. The summed E-state index contributed by atoms with van der Waals surface area (Å²) in [6, 6.07) is 12.3. The fourth-order valence-corrected chi connectivity index (χ4v) is 6.29. The van der Waals surface area contributed by atoms with Gasteiger partial charge < -0.3 is 4.90 Å². The van der Waals surface area contributed by atoms with E-state index in [9.17, 15) is 18.0 Å². The third kappa shape index (κ3) is 3.82. The Labute approximate surface area is 189 Å². The molecule has 7 nitrogen and oxygen atoms in total. The SMILES string of the molecule is CCN(CC)S(=O)(=O)c1ccc2c(c1)CC(C(=O)N1CCc3ccccc3C1)N2C(C)=O. The third-order valence-corrected chi connectivity index (χ3v) is 8.49. The highest BCUT2D eigenvalue weighted by atomic mass is 32.2. The fraction of sp³-hybridized carbons (Fsp3) is 0.417. The van der Waals surface area contributed by atoms with E-state index in [4.69, 9.17) is 0 Å². The molecule has 8 heteroatoms. The lowest BCUT2D eigenvalue weighted by molar-refractivity contribution is -0.135. The third-order valence-electron chi connectivity index (χ3n) is 6.45. The largest absolute Gasteiger partial charge is 0.336 e. The van der Waals surface area contributed by atoms with Crippen molar-refractivity contribution in [3.63, 3.8) is 0 Å². The van der Waals surface area contributed by atoms with Crippen LogP contribution in [0.5, 0.6) is 0 Å². The lowest BCUT2D eigenvalue weighted by atomic mass is 9.99. The standard InChI is InChI=1S/C24H29N3O4S/c1-4-26(5-2)32(30,31)21-10-11-22-20(14-21)15-23(27(22)17(3)28)24(29)25-13-12-18-8-6-7-9-19(18)16-25/h6-11,14,23H,4-5,12-13,15-16H2,1-3H3. The maximum Gasteiger partial charge on any atom is 0.246 e. The summed E-state index contributed by atoms with van der Waals surface area (Å²) in [6.45, 7) is 6.95. The zero-order chi connectivity index (χ0) is 23.0. The molecular weight excluding hydrogens is 426 g/mol. The highest BCUT2D eigenvalue weighted by molar-refractivity contribution is 7.89. The van der Waals surface area contributed by atoms with Crippen molar-refractivity contribution in [3.05, 3.63) is 59.2 Å². The Morgan fingerprint density at radius 2 is 1.72 bits per heavy atom. The minimum atomic E-state index is -3.62. The number of hydrogen-bond acceptors (Lipinski definition) is 4. The predicted octanol–water partition coefficient (Wildman–Crippen LogP) is 2.58. The Balaban J connectivity index is 1.63. The van der Waals surface area contributed by atoms with Gasteiger partial charge in [-0.1, -0.05) is 38.1 Å². The van der Waals surface area contributed by atoms with Crippen LogP contribution in [-0.4, -0.2) is 55.1 Å². The second-order valence-corrected chi connectivity index (χ2v) is 10.2. The van der Waals surface area contributed by atoms with Crippen LogP contribution in [0.4, 0.5) is 5.69 Å². The normalized spacial score (nSPS) is 17.9. The molecule has 170 valence electrons. The number of amides is 2. The fourth-order valence-electron chi connectivity index (χ4n) is 4.78. The van der Waals surface area contributed by atoms with Gasteiger partial charge in [0.2, 0.25) is 21.8 Å². The van der Waals surface area contributed by atoms with Gasteiger partial charge in [-0.15, -0.1) is 0 Å². The van der Waals surface area contributed by atoms with Gasteiger partial charge in [0.1, 0.15) is 6.04 Å². The van der Waals surface area contributed by atoms with Crippen LogP contribution in [0.15, 0.2) is 47.4 Å². The molecule has 4 rings (SSSR count). The minimum Gasteiger partial charge on any atom is -0.336 e. The maximum absolute atomic E-state index is 13.5. The molecule has 1 unspecified atom stereocenters. The molecular formula is C24H29N3O4S. The van der Waals surface area contributed by atoms with Crippen molar-refractivity contribution in [2.45, 2.75) is 51.1 Å². The van der Waals surface area contributed by atoms with E-state index in [1.54, 1.807) is 26.0 Å². The number of fused-ring (bicyclic) bond motifs is 2. The van der Waals surface area contributed by atoms with Gasteiger partial charge in [-0.2, -0.15) is 4.31 Å². The first-order valence-corrected chi connectivity index (χ1v) is 12.5. The van der Waals surface area contributed by atoms with Crippen molar-refractivity contribution in [3.8, 4) is 0 Å². The highest BCUT2D eigenvalue weighted by Crippen LogP contribution is 2.36. The molecule has 0 saturated carbocycles. The summed E-state index contributed by atoms with van der Waals surface area (Å²) in [5.74, 6) is -0.321. The Kier molecular flexibility index (Phi) is 6.09. The first-order valence-electron chi connectivity index (χ1n) is 11.1. The molecule has 2 aliphatic rings. The maximum atomic E-state index is 13.5. The van der Waals surface area contributed by atoms with E-state index in [1.807, 2.05) is 23.1 Å². The average Bonchev–Trinajstić information content (AvgIpc) is 3.18. The van der Waals surface area contributed by atoms with E-state index >= 15 is 0 Å². The molecule has 32 heavy (non-hydrogen) atoms. The van der Waals surface area contributed by atoms with Gasteiger partial charge in [-0.25, -0.2) is 8.42 Å². The second kappa shape index (κ2) is 8.67. The van der Waals surface area contributed by atoms with E-state index in [0.29, 0.717) is 43.9 Å². The van der Waals surface area contributed by atoms with Gasteiger partial charge in [-0.05, 0) is 41.3 Å². The lowest BCUT2D eigenvalue weighted by Crippen LogP contribution is -2.50. The Morgan fingerprint density at radius 3 is 2.38 bits per heavy atom. The number of carbonyl (C=O) groups excluding carboxylic acids is 2. The number of sulfonamides is 1. The van der Waals surface area contributed by atoms with Crippen LogP contribution in [-0.2, 0) is 39.0 Å². The Hall–Kier alpha value is -2.71. The van der Waals surface area contributed by atoms with Gasteiger partial charge in [0.15, 0.2) is 0 Å². The van der Waals surface area contributed by atoms with Crippen LogP contribution >= 0.6 is 0 Å². The molecule has 0 aromatic heterocycles. The van der Waals surface area contributed by atoms with Crippen LogP contribution < -0.4 is 4.90 Å². The molecule has 2 heterocycles. The molecule has 2 aromatic carbocycles. The smallest absolute Gasteiger partial charge is 0.246 e. The number of benzene rings is 2. The highest BCUT2D eigenvalue weighted by Gasteiger charge is 2.40. The van der Waals surface area contributed by atoms with Crippen molar-refractivity contribution in [1.29, 1.82) is 0 Å². The second-order valence-electron chi connectivity index (χ2n) is 8.27. The predicted molar refractivity (Wildman–Crippen MR) is 123 cm³/mol. The van der Waals surface area contributed by atoms with Gasteiger partial charge in [0, 0.05) is 45.2 Å². The lowest BCUT2D eigenvalue weighted by Gasteiger charge is -2.33. The summed E-state index contributed by atoms with van der Waals surface area (Å²) in [5.41, 5.74) is 3.71. The van der Waals surface area contributed by atoms with Crippen molar-refractivity contribution in [2.24, 2.45) is 0 Å². The molecule has 0 fully saturated rings. The minimum absolute atomic E-state index is 0.0981. The quantitative estimate of drug-likeness (QED) is 0.694. The van der Waals surface area contributed by atoms with Gasteiger partial charge in [0.25, 0.3) is 0 Å². The van der Waals surface area contributed by atoms with Gasteiger partial charge in [0.05, 0.1) is 4.90 Å². The number of hydrogen-bond donors (Lipinski definition) is 0. The van der Waals surface area contributed by atoms with E-state index in [0.717, 1.165) is 12.0 Å². The molecule has 2 aliphatic heterocycles. The van der Waals surface area contributed by atoms with Crippen molar-refractivity contribution >= 4 is 27.5 Å². The first-order chi connectivity index (χ1) is 15.3. The zero-order valence-corrected chi connectivity index (χ0v) is 19.6. The number of rotatable bonds is 5. The Morgan fingerprint density at radius 1 is 1.03 bits per heavy atom. The number of carbonyl (C=O) groups is 2. The number of anilines is 1. The summed E-state index contributed by atoms with van der Waals surface area (Å²) >= 11 is 0. The van der Waals surface area contributed by atoms with Crippen molar-refractivity contribution in [1.82, 2.24) is 9.21 Å². The van der Waals surface area contributed by atoms with Crippen LogP contribution in [0, 0.1) is 0 Å². The summed E-state index contributed by atoms with van der Waals surface area (Å²) in [5, 5.41) is 0. The van der Waals surface area contributed by atoms with Crippen LogP contribution in [0.25, 0.3) is 0 Å². The molecule has 0 aliphatic carbocycles. The van der Waals surface area contributed by atoms with E-state index < -0.39 is 16.1 Å². The Bertz CT molecular complexity index is 1160. The summed E-state index contributed by atoms with van der Waals surface area (Å²) < 4.78 is 27.3. The summed E-state index contributed by atoms with van der Waals surface area (Å²) in [4.78, 5) is 29.5. The number of nitrogens with zero attached hydrogens (tertiary/aromatic N) is 3. The van der Waals surface area contributed by atoms with Crippen molar-refractivity contribution in [2.75, 3.05) is 24.5 Å². The monoisotopic (exact) mass is 455 g/mol. The molecule has 2 amide bonds. The summed E-state index contributed by atoms with van der Waals surface area (Å²) in [7, 11) is -3.62. The topological polar surface area (TPSA) is 78.0 Å².